The summed E-state index contributed by atoms with van der Waals surface area (Å²) in [4.78, 5) is 10.8. The summed E-state index contributed by atoms with van der Waals surface area (Å²) in [6, 6.07) is 16.0. The van der Waals surface area contributed by atoms with Crippen molar-refractivity contribution < 1.29 is 9.90 Å². The molecule has 2 N–H and O–H groups in total. The van der Waals surface area contributed by atoms with Crippen molar-refractivity contribution in [1.82, 2.24) is 5.32 Å². The van der Waals surface area contributed by atoms with Gasteiger partial charge in [-0.05, 0) is 48.2 Å². The number of benzene rings is 2. The van der Waals surface area contributed by atoms with E-state index in [0.29, 0.717) is 11.6 Å². The Kier molecular flexibility index (Phi) is 3.52. The number of rotatable bonds is 3. The van der Waals surface area contributed by atoms with Crippen LogP contribution in [-0.2, 0) is 0 Å². The number of nitrogens with one attached hydrogen (secondary N) is 1. The molecule has 1 heterocycles. The Balaban J connectivity index is 1.81. The van der Waals surface area contributed by atoms with E-state index < -0.39 is 5.97 Å². The van der Waals surface area contributed by atoms with Crippen molar-refractivity contribution in [3.8, 4) is 11.1 Å². The number of carboxylic acids is 1. The Morgan fingerprint density at radius 2 is 1.60 bits per heavy atom. The van der Waals surface area contributed by atoms with Crippen molar-refractivity contribution >= 4 is 5.97 Å². The minimum absolute atomic E-state index is 0.320. The number of hydrogen-bond donors (Lipinski definition) is 2. The highest BCUT2D eigenvalue weighted by Crippen LogP contribution is 2.26. The van der Waals surface area contributed by atoms with E-state index >= 15 is 0 Å². The van der Waals surface area contributed by atoms with E-state index in [4.69, 9.17) is 5.11 Å². The highest BCUT2D eigenvalue weighted by Gasteiger charge is 2.15. The molecule has 0 aliphatic carbocycles. The maximum Gasteiger partial charge on any atom is 0.335 e. The first-order chi connectivity index (χ1) is 9.74. The predicted molar refractivity (Wildman–Crippen MR) is 78.8 cm³/mol. The molecule has 0 aromatic heterocycles. The fourth-order valence-corrected chi connectivity index (χ4v) is 2.68. The molecule has 1 saturated heterocycles. The lowest BCUT2D eigenvalue weighted by Gasteiger charge is -2.11. The molecule has 0 radical (unpaired) electrons. The van der Waals surface area contributed by atoms with Crippen LogP contribution in [0.3, 0.4) is 0 Å². The summed E-state index contributed by atoms with van der Waals surface area (Å²) in [6.45, 7) is 1.10. The van der Waals surface area contributed by atoms with Gasteiger partial charge in [0.1, 0.15) is 0 Å². The van der Waals surface area contributed by atoms with Gasteiger partial charge in [-0.15, -0.1) is 0 Å². The SMILES string of the molecule is O=C(O)c1ccc(-c2ccc([C@H]3CCCN3)cc2)cc1. The molecule has 1 atom stereocenters. The topological polar surface area (TPSA) is 49.3 Å². The fraction of sp³-hybridized carbons (Fsp3) is 0.235. The molecule has 20 heavy (non-hydrogen) atoms. The first-order valence-corrected chi connectivity index (χ1v) is 6.91. The predicted octanol–water partition coefficient (Wildman–Crippen LogP) is 3.48. The van der Waals surface area contributed by atoms with Crippen LogP contribution in [0.2, 0.25) is 0 Å². The molecular weight excluding hydrogens is 250 g/mol. The molecule has 0 unspecified atom stereocenters. The van der Waals surface area contributed by atoms with Gasteiger partial charge in [0.05, 0.1) is 5.56 Å². The Labute approximate surface area is 118 Å². The second-order valence-corrected chi connectivity index (χ2v) is 5.15. The number of hydrogen-bond acceptors (Lipinski definition) is 2. The van der Waals surface area contributed by atoms with Crippen molar-refractivity contribution in [3.63, 3.8) is 0 Å². The fourth-order valence-electron chi connectivity index (χ4n) is 2.68. The van der Waals surface area contributed by atoms with Crippen LogP contribution in [0.25, 0.3) is 11.1 Å². The van der Waals surface area contributed by atoms with Gasteiger partial charge >= 0.3 is 5.97 Å². The van der Waals surface area contributed by atoms with Gasteiger partial charge < -0.3 is 10.4 Å². The zero-order chi connectivity index (χ0) is 13.9. The van der Waals surface area contributed by atoms with Crippen LogP contribution in [0.15, 0.2) is 48.5 Å². The average molecular weight is 267 g/mol. The quantitative estimate of drug-likeness (QED) is 0.895. The minimum Gasteiger partial charge on any atom is -0.478 e. The molecule has 3 rings (SSSR count). The van der Waals surface area contributed by atoms with Crippen LogP contribution < -0.4 is 5.32 Å². The second-order valence-electron chi connectivity index (χ2n) is 5.15. The number of carbonyl (C=O) groups is 1. The van der Waals surface area contributed by atoms with E-state index in [-0.39, 0.29) is 0 Å². The molecule has 2 aromatic carbocycles. The van der Waals surface area contributed by atoms with Gasteiger partial charge in [-0.25, -0.2) is 4.79 Å². The molecule has 102 valence electrons. The summed E-state index contributed by atoms with van der Waals surface area (Å²) in [5.74, 6) is -0.890. The monoisotopic (exact) mass is 267 g/mol. The Morgan fingerprint density at radius 1 is 1.00 bits per heavy atom. The van der Waals surface area contributed by atoms with E-state index in [1.54, 1.807) is 12.1 Å². The summed E-state index contributed by atoms with van der Waals surface area (Å²) in [5, 5.41) is 12.4. The summed E-state index contributed by atoms with van der Waals surface area (Å²) in [7, 11) is 0. The van der Waals surface area contributed by atoms with Crippen LogP contribution in [0.4, 0.5) is 0 Å². The minimum atomic E-state index is -0.890. The van der Waals surface area contributed by atoms with Crippen LogP contribution >= 0.6 is 0 Å². The normalized spacial score (nSPS) is 18.1. The molecular formula is C17H17NO2. The second kappa shape index (κ2) is 5.47. The van der Waals surface area contributed by atoms with Crippen molar-refractivity contribution in [3.05, 3.63) is 59.7 Å². The first-order valence-electron chi connectivity index (χ1n) is 6.91. The third-order valence-electron chi connectivity index (χ3n) is 3.84. The largest absolute Gasteiger partial charge is 0.478 e. The van der Waals surface area contributed by atoms with E-state index in [1.165, 1.54) is 18.4 Å². The van der Waals surface area contributed by atoms with Crippen LogP contribution in [-0.4, -0.2) is 17.6 Å². The molecule has 0 spiro atoms. The van der Waals surface area contributed by atoms with Crippen molar-refractivity contribution in [2.45, 2.75) is 18.9 Å². The first kappa shape index (κ1) is 12.9. The third-order valence-corrected chi connectivity index (χ3v) is 3.84. The number of aromatic carboxylic acids is 1. The average Bonchev–Trinajstić information content (AvgIpc) is 3.02. The zero-order valence-corrected chi connectivity index (χ0v) is 11.2. The lowest BCUT2D eigenvalue weighted by molar-refractivity contribution is 0.0697. The Hall–Kier alpha value is -2.13. The van der Waals surface area contributed by atoms with E-state index in [9.17, 15) is 4.79 Å². The van der Waals surface area contributed by atoms with Crippen molar-refractivity contribution in [1.29, 1.82) is 0 Å². The lowest BCUT2D eigenvalue weighted by atomic mass is 9.99. The molecule has 1 aliphatic heterocycles. The molecule has 3 nitrogen and oxygen atoms in total. The Bertz CT molecular complexity index is 596. The summed E-state index contributed by atoms with van der Waals surface area (Å²) in [5.41, 5.74) is 3.80. The van der Waals surface area contributed by atoms with Gasteiger partial charge in [0, 0.05) is 6.04 Å². The highest BCUT2D eigenvalue weighted by atomic mass is 16.4. The summed E-state index contributed by atoms with van der Waals surface area (Å²) < 4.78 is 0. The summed E-state index contributed by atoms with van der Waals surface area (Å²) in [6.07, 6.45) is 2.44. The van der Waals surface area contributed by atoms with Gasteiger partial charge in [-0.1, -0.05) is 36.4 Å². The molecule has 1 aliphatic rings. The molecule has 0 bridgehead atoms. The molecule has 1 fully saturated rings. The molecule has 2 aromatic rings. The maximum absolute atomic E-state index is 10.8. The van der Waals surface area contributed by atoms with E-state index in [0.717, 1.165) is 17.7 Å². The zero-order valence-electron chi connectivity index (χ0n) is 11.2. The lowest BCUT2D eigenvalue weighted by Crippen LogP contribution is -2.12. The van der Waals surface area contributed by atoms with Gasteiger partial charge in [-0.3, -0.25) is 0 Å². The van der Waals surface area contributed by atoms with Crippen molar-refractivity contribution in [2.24, 2.45) is 0 Å². The van der Waals surface area contributed by atoms with Gasteiger partial charge in [0.15, 0.2) is 0 Å². The van der Waals surface area contributed by atoms with E-state index in [1.807, 2.05) is 12.1 Å². The van der Waals surface area contributed by atoms with Crippen LogP contribution in [0, 0.1) is 0 Å². The standard InChI is InChI=1S/C17H17NO2/c19-17(20)15-9-5-13(6-10-15)12-3-7-14(8-4-12)16-2-1-11-18-16/h3-10,16,18H,1-2,11H2,(H,19,20)/t16-/m1/s1. The smallest absolute Gasteiger partial charge is 0.335 e. The Morgan fingerprint density at radius 3 is 2.10 bits per heavy atom. The maximum atomic E-state index is 10.8. The molecule has 3 heteroatoms. The summed E-state index contributed by atoms with van der Waals surface area (Å²) >= 11 is 0. The van der Waals surface area contributed by atoms with Gasteiger partial charge in [0.25, 0.3) is 0 Å². The van der Waals surface area contributed by atoms with Crippen LogP contribution in [0.1, 0.15) is 34.8 Å². The van der Waals surface area contributed by atoms with E-state index in [2.05, 4.69) is 29.6 Å². The van der Waals surface area contributed by atoms with Gasteiger partial charge in [-0.2, -0.15) is 0 Å². The van der Waals surface area contributed by atoms with Crippen molar-refractivity contribution in [2.75, 3.05) is 6.54 Å². The van der Waals surface area contributed by atoms with Crippen LogP contribution in [0.5, 0.6) is 0 Å². The third kappa shape index (κ3) is 2.58. The molecule has 0 amide bonds. The van der Waals surface area contributed by atoms with Gasteiger partial charge in [0.2, 0.25) is 0 Å². The highest BCUT2D eigenvalue weighted by molar-refractivity contribution is 5.88. The number of carboxylic acid groups (broad SMARTS) is 1. The molecule has 0 saturated carbocycles.